The predicted molar refractivity (Wildman–Crippen MR) is 107 cm³/mol. The Morgan fingerprint density at radius 2 is 1.44 bits per heavy atom. The Labute approximate surface area is 179 Å². The molecule has 3 aromatic rings. The SMILES string of the molecule is O=C(O)c1ccc2c(c1)C(=O)N(c1cccc(Oc3ccc4c(c3)C(=O)OC4=O)c1)C2=O. The number of esters is 2. The number of nitrogens with zero attached hydrogens (tertiary/aromatic N) is 1. The van der Waals surface area contributed by atoms with Crippen molar-refractivity contribution in [3.63, 3.8) is 0 Å². The van der Waals surface area contributed by atoms with E-state index in [0.29, 0.717) is 0 Å². The lowest BCUT2D eigenvalue weighted by molar-refractivity contribution is 0.0442. The number of hydrogen-bond acceptors (Lipinski definition) is 7. The minimum Gasteiger partial charge on any atom is -0.478 e. The van der Waals surface area contributed by atoms with Crippen molar-refractivity contribution < 1.29 is 38.6 Å². The van der Waals surface area contributed by atoms with Crippen LogP contribution in [0.2, 0.25) is 0 Å². The summed E-state index contributed by atoms with van der Waals surface area (Å²) in [5, 5.41) is 9.14. The van der Waals surface area contributed by atoms with Crippen LogP contribution in [0.25, 0.3) is 0 Å². The molecule has 1 N–H and O–H groups in total. The predicted octanol–water partition coefficient (Wildman–Crippen LogP) is 3.29. The Kier molecular flexibility index (Phi) is 4.13. The van der Waals surface area contributed by atoms with Crippen molar-refractivity contribution in [3.05, 3.63) is 88.5 Å². The number of amides is 2. The molecule has 2 aliphatic rings. The van der Waals surface area contributed by atoms with Crippen LogP contribution in [-0.4, -0.2) is 34.8 Å². The molecule has 156 valence electrons. The number of aromatic carboxylic acids is 1. The topological polar surface area (TPSA) is 127 Å². The van der Waals surface area contributed by atoms with Crippen molar-refractivity contribution in [1.29, 1.82) is 0 Å². The van der Waals surface area contributed by atoms with Crippen molar-refractivity contribution in [2.75, 3.05) is 4.90 Å². The maximum Gasteiger partial charge on any atom is 0.347 e. The van der Waals surface area contributed by atoms with Crippen molar-refractivity contribution in [2.24, 2.45) is 0 Å². The molecule has 0 fully saturated rings. The van der Waals surface area contributed by atoms with E-state index in [4.69, 9.17) is 9.84 Å². The van der Waals surface area contributed by atoms with Gasteiger partial charge >= 0.3 is 17.9 Å². The van der Waals surface area contributed by atoms with Crippen molar-refractivity contribution >= 4 is 35.4 Å². The van der Waals surface area contributed by atoms with E-state index in [1.807, 2.05) is 0 Å². The molecule has 9 nitrogen and oxygen atoms in total. The van der Waals surface area contributed by atoms with E-state index < -0.39 is 29.7 Å². The van der Waals surface area contributed by atoms with E-state index in [-0.39, 0.29) is 45.0 Å². The summed E-state index contributed by atoms with van der Waals surface area (Å²) in [5.74, 6) is -3.42. The van der Waals surface area contributed by atoms with E-state index in [1.165, 1.54) is 48.5 Å². The molecule has 0 saturated heterocycles. The number of imide groups is 1. The molecule has 0 atom stereocenters. The number of ether oxygens (including phenoxy) is 2. The van der Waals surface area contributed by atoms with Crippen LogP contribution in [0, 0.1) is 0 Å². The van der Waals surface area contributed by atoms with Gasteiger partial charge < -0.3 is 14.6 Å². The number of benzene rings is 3. The van der Waals surface area contributed by atoms with Gasteiger partial charge in [-0.25, -0.2) is 19.3 Å². The zero-order chi connectivity index (χ0) is 22.6. The first kappa shape index (κ1) is 19.2. The maximum atomic E-state index is 12.8. The minimum absolute atomic E-state index is 0.00280. The first-order valence-corrected chi connectivity index (χ1v) is 9.28. The number of anilines is 1. The summed E-state index contributed by atoms with van der Waals surface area (Å²) >= 11 is 0. The Morgan fingerprint density at radius 1 is 0.750 bits per heavy atom. The van der Waals surface area contributed by atoms with Gasteiger partial charge in [-0.05, 0) is 48.5 Å². The number of carboxylic acids is 1. The van der Waals surface area contributed by atoms with Crippen LogP contribution >= 0.6 is 0 Å². The van der Waals surface area contributed by atoms with E-state index >= 15 is 0 Å². The number of fused-ring (bicyclic) bond motifs is 2. The molecule has 2 heterocycles. The average molecular weight is 429 g/mol. The molecule has 2 amide bonds. The summed E-state index contributed by atoms with van der Waals surface area (Å²) in [7, 11) is 0. The lowest BCUT2D eigenvalue weighted by atomic mass is 10.1. The third-order valence-electron chi connectivity index (χ3n) is 5.06. The molecule has 5 rings (SSSR count). The number of hydrogen-bond donors (Lipinski definition) is 1. The fourth-order valence-corrected chi connectivity index (χ4v) is 3.56. The van der Waals surface area contributed by atoms with Crippen LogP contribution in [0.1, 0.15) is 51.8 Å². The largest absolute Gasteiger partial charge is 0.478 e. The molecule has 0 radical (unpaired) electrons. The highest BCUT2D eigenvalue weighted by Crippen LogP contribution is 2.33. The zero-order valence-corrected chi connectivity index (χ0v) is 16.0. The van der Waals surface area contributed by atoms with Crippen molar-refractivity contribution in [3.8, 4) is 11.5 Å². The molecule has 0 saturated carbocycles. The van der Waals surface area contributed by atoms with E-state index in [1.54, 1.807) is 12.1 Å². The van der Waals surface area contributed by atoms with E-state index in [2.05, 4.69) is 4.74 Å². The second-order valence-electron chi connectivity index (χ2n) is 7.00. The lowest BCUT2D eigenvalue weighted by Gasteiger charge is -2.15. The van der Waals surface area contributed by atoms with Gasteiger partial charge in [0.2, 0.25) is 0 Å². The van der Waals surface area contributed by atoms with Crippen molar-refractivity contribution in [2.45, 2.75) is 0 Å². The lowest BCUT2D eigenvalue weighted by Crippen LogP contribution is -2.29. The molecular formula is C23H11NO8. The molecule has 9 heteroatoms. The number of carboxylic acid groups (broad SMARTS) is 1. The van der Waals surface area contributed by atoms with Crippen LogP contribution in [-0.2, 0) is 4.74 Å². The van der Waals surface area contributed by atoms with Crippen LogP contribution in [0.15, 0.2) is 60.7 Å². The van der Waals surface area contributed by atoms with Crippen LogP contribution in [0.4, 0.5) is 5.69 Å². The number of carbonyl (C=O) groups excluding carboxylic acids is 4. The molecule has 0 unspecified atom stereocenters. The third-order valence-corrected chi connectivity index (χ3v) is 5.06. The molecule has 3 aromatic carbocycles. The summed E-state index contributed by atoms with van der Waals surface area (Å²) in [6.07, 6.45) is 0. The Hall–Kier alpha value is -4.79. The monoisotopic (exact) mass is 429 g/mol. The Balaban J connectivity index is 1.45. The molecule has 2 aliphatic heterocycles. The van der Waals surface area contributed by atoms with Gasteiger partial charge in [-0.15, -0.1) is 0 Å². The Morgan fingerprint density at radius 3 is 2.22 bits per heavy atom. The third kappa shape index (κ3) is 2.91. The number of cyclic esters (lactones) is 2. The summed E-state index contributed by atoms with van der Waals surface area (Å²) in [5.41, 5.74) is 0.455. The van der Waals surface area contributed by atoms with Gasteiger partial charge in [-0.2, -0.15) is 0 Å². The van der Waals surface area contributed by atoms with Gasteiger partial charge in [0.05, 0.1) is 33.5 Å². The van der Waals surface area contributed by atoms with Gasteiger partial charge in [0.15, 0.2) is 0 Å². The van der Waals surface area contributed by atoms with Crippen LogP contribution in [0.5, 0.6) is 11.5 Å². The normalized spacial score (nSPS) is 14.3. The standard InChI is InChI=1S/C23H11NO8/c25-19-15-6-4-11(21(27)28)8-17(15)20(26)24(19)12-2-1-3-13(9-12)31-14-5-7-16-18(10-14)23(30)32-22(16)29/h1-10H,(H,27,28). The zero-order valence-electron chi connectivity index (χ0n) is 16.0. The van der Waals surface area contributed by atoms with E-state index in [0.717, 1.165) is 4.90 Å². The van der Waals surface area contributed by atoms with Gasteiger partial charge in [0.25, 0.3) is 11.8 Å². The summed E-state index contributed by atoms with van der Waals surface area (Å²) in [6, 6.07) is 14.1. The van der Waals surface area contributed by atoms with Crippen LogP contribution in [0.3, 0.4) is 0 Å². The highest BCUT2D eigenvalue weighted by molar-refractivity contribution is 6.34. The maximum absolute atomic E-state index is 12.8. The molecule has 32 heavy (non-hydrogen) atoms. The fourth-order valence-electron chi connectivity index (χ4n) is 3.56. The smallest absolute Gasteiger partial charge is 0.347 e. The Bertz CT molecular complexity index is 1390. The molecule has 0 aromatic heterocycles. The van der Waals surface area contributed by atoms with Crippen LogP contribution < -0.4 is 9.64 Å². The average Bonchev–Trinajstić information content (AvgIpc) is 3.20. The summed E-state index contributed by atoms with van der Waals surface area (Å²) in [4.78, 5) is 61.1. The first-order valence-electron chi connectivity index (χ1n) is 9.28. The highest BCUT2D eigenvalue weighted by Gasteiger charge is 2.37. The van der Waals surface area contributed by atoms with E-state index in [9.17, 15) is 24.0 Å². The van der Waals surface area contributed by atoms with Gasteiger partial charge in [-0.3, -0.25) is 9.59 Å². The molecule has 0 bridgehead atoms. The molecule has 0 spiro atoms. The summed E-state index contributed by atoms with van der Waals surface area (Å²) < 4.78 is 10.3. The number of rotatable bonds is 4. The van der Waals surface area contributed by atoms with Gasteiger partial charge in [-0.1, -0.05) is 6.07 Å². The second-order valence-corrected chi connectivity index (χ2v) is 7.00. The van der Waals surface area contributed by atoms with Gasteiger partial charge in [0.1, 0.15) is 11.5 Å². The van der Waals surface area contributed by atoms with Gasteiger partial charge in [0, 0.05) is 6.07 Å². The fraction of sp³-hybridized carbons (Fsp3) is 0. The second kappa shape index (κ2) is 6.88. The molecule has 0 aliphatic carbocycles. The molecular weight excluding hydrogens is 418 g/mol. The minimum atomic E-state index is -1.21. The first-order chi connectivity index (χ1) is 15.3. The quantitative estimate of drug-likeness (QED) is 0.380. The van der Waals surface area contributed by atoms with Crippen molar-refractivity contribution in [1.82, 2.24) is 0 Å². The number of carbonyl (C=O) groups is 5. The highest BCUT2D eigenvalue weighted by atomic mass is 16.6. The summed E-state index contributed by atoms with van der Waals surface area (Å²) in [6.45, 7) is 0.